The fraction of sp³-hybridized carbons (Fsp3) is 0.772. The number of unbranched alkanes of at least 4 members (excludes halogenated alkanes) is 24. The van der Waals surface area contributed by atoms with Crippen molar-refractivity contribution in [3.05, 3.63) is 60.8 Å². The van der Waals surface area contributed by atoms with Gasteiger partial charge >= 0.3 is 17.9 Å². The average Bonchev–Trinajstić information content (AvgIpc) is 3.27. The molecule has 2 unspecified atom stereocenters. The van der Waals surface area contributed by atoms with Gasteiger partial charge in [0.1, 0.15) is 6.61 Å². The minimum Gasteiger partial charge on any atom is -0.477 e. The van der Waals surface area contributed by atoms with E-state index in [0.29, 0.717) is 19.3 Å². The van der Waals surface area contributed by atoms with Crippen molar-refractivity contribution in [3.63, 3.8) is 0 Å². The molecular formula is C57H102NO7+. The Hall–Kier alpha value is -2.97. The van der Waals surface area contributed by atoms with Crippen molar-refractivity contribution in [1.29, 1.82) is 0 Å². The van der Waals surface area contributed by atoms with Crippen molar-refractivity contribution >= 4 is 17.9 Å². The Morgan fingerprint density at radius 2 is 0.862 bits per heavy atom. The lowest BCUT2D eigenvalue weighted by molar-refractivity contribution is -0.887. The number of nitrogens with zero attached hydrogens (tertiary/aromatic N) is 1. The number of carbonyl (C=O) groups is 3. The maximum atomic E-state index is 12.8. The van der Waals surface area contributed by atoms with E-state index in [0.717, 1.165) is 77.0 Å². The smallest absolute Gasteiger partial charge is 0.362 e. The van der Waals surface area contributed by atoms with Crippen LogP contribution in [0, 0.1) is 0 Å². The van der Waals surface area contributed by atoms with Crippen LogP contribution in [0.4, 0.5) is 0 Å². The largest absolute Gasteiger partial charge is 0.477 e. The molecule has 0 saturated carbocycles. The lowest BCUT2D eigenvalue weighted by Crippen LogP contribution is -2.50. The summed E-state index contributed by atoms with van der Waals surface area (Å²) in [6, 6.07) is -0.621. The number of rotatable bonds is 48. The standard InChI is InChI=1S/C57H101NO7/c1-6-8-10-12-14-16-18-20-22-24-26-27-28-30-31-33-35-37-39-41-43-45-47-55(59)64-52-53(51-63-50-49-54(57(61)62)58(3,4)5)65-56(60)48-46-44-42-40-38-36-34-32-29-25-23-21-19-17-15-13-11-9-7-2/h9,11,15,17,21,23,28-30,32,53-54H,6-8,10,12-14,16,18-20,22,24-27,31,33-52H2,1-5H3/p+1/b11-9+,17-15+,23-21+,30-28+,32-29+. The summed E-state index contributed by atoms with van der Waals surface area (Å²) >= 11 is 0. The van der Waals surface area contributed by atoms with Crippen LogP contribution in [0.5, 0.6) is 0 Å². The van der Waals surface area contributed by atoms with Crippen molar-refractivity contribution in [2.24, 2.45) is 0 Å². The molecule has 0 aromatic rings. The zero-order chi connectivity index (χ0) is 47.7. The summed E-state index contributed by atoms with van der Waals surface area (Å²) in [5.74, 6) is -1.49. The Labute approximate surface area is 400 Å². The van der Waals surface area contributed by atoms with Crippen LogP contribution in [0.3, 0.4) is 0 Å². The molecule has 2 atom stereocenters. The number of carboxylic acids is 1. The Morgan fingerprint density at radius 3 is 1.29 bits per heavy atom. The molecule has 0 aromatic carbocycles. The van der Waals surface area contributed by atoms with Crippen LogP contribution in [-0.2, 0) is 28.6 Å². The van der Waals surface area contributed by atoms with Gasteiger partial charge in [0, 0.05) is 19.3 Å². The molecule has 0 bridgehead atoms. The second kappa shape index (κ2) is 47.5. The van der Waals surface area contributed by atoms with Gasteiger partial charge in [0.05, 0.1) is 34.4 Å². The number of carbonyl (C=O) groups excluding carboxylic acids is 2. The molecule has 0 aliphatic rings. The predicted octanol–water partition coefficient (Wildman–Crippen LogP) is 15.7. The van der Waals surface area contributed by atoms with E-state index in [1.807, 2.05) is 21.1 Å². The Balaban J connectivity index is 4.24. The number of aliphatic carboxylic acids is 1. The van der Waals surface area contributed by atoms with E-state index >= 15 is 0 Å². The van der Waals surface area contributed by atoms with Gasteiger partial charge in [0.2, 0.25) is 0 Å². The van der Waals surface area contributed by atoms with Gasteiger partial charge in [-0.1, -0.05) is 197 Å². The monoisotopic (exact) mass is 913 g/mol. The summed E-state index contributed by atoms with van der Waals surface area (Å²) in [7, 11) is 5.53. The molecule has 0 fully saturated rings. The number of carboxylic acid groups (broad SMARTS) is 1. The molecule has 0 saturated heterocycles. The highest BCUT2D eigenvalue weighted by molar-refractivity contribution is 5.72. The molecular weight excluding hydrogens is 811 g/mol. The van der Waals surface area contributed by atoms with Gasteiger partial charge in [0.25, 0.3) is 0 Å². The summed E-state index contributed by atoms with van der Waals surface area (Å²) in [6.07, 6.45) is 59.9. The lowest BCUT2D eigenvalue weighted by Gasteiger charge is -2.31. The van der Waals surface area contributed by atoms with E-state index in [1.54, 1.807) is 0 Å². The van der Waals surface area contributed by atoms with E-state index in [1.165, 1.54) is 122 Å². The van der Waals surface area contributed by atoms with E-state index in [-0.39, 0.29) is 36.2 Å². The lowest BCUT2D eigenvalue weighted by atomic mass is 10.0. The van der Waals surface area contributed by atoms with Crippen molar-refractivity contribution in [1.82, 2.24) is 0 Å². The SMILES string of the molecule is CC/C=C/C/C=C/C/C=C/C/C=C/CCCCCCCCC(=O)OC(COCCC(C(=O)O)[N+](C)(C)C)COC(=O)CCCCCCCCC/C=C/CCCCCCCCCCCCC. The van der Waals surface area contributed by atoms with Crippen LogP contribution in [-0.4, -0.2) is 80.6 Å². The molecule has 0 aliphatic carbocycles. The maximum Gasteiger partial charge on any atom is 0.362 e. The van der Waals surface area contributed by atoms with Crippen LogP contribution in [0.1, 0.15) is 232 Å². The van der Waals surface area contributed by atoms with Gasteiger partial charge in [-0.2, -0.15) is 0 Å². The van der Waals surface area contributed by atoms with E-state index in [2.05, 4.69) is 74.6 Å². The zero-order valence-electron chi connectivity index (χ0n) is 42.9. The Morgan fingerprint density at radius 1 is 0.477 bits per heavy atom. The number of allylic oxidation sites excluding steroid dienone is 10. The molecule has 0 aromatic heterocycles. The quantitative estimate of drug-likeness (QED) is 0.0281. The van der Waals surface area contributed by atoms with Crippen molar-refractivity contribution in [3.8, 4) is 0 Å². The minimum absolute atomic E-state index is 0.0526. The summed E-state index contributed by atoms with van der Waals surface area (Å²) in [6.45, 7) is 4.63. The van der Waals surface area contributed by atoms with Crippen molar-refractivity contribution in [2.45, 2.75) is 244 Å². The Bertz CT molecular complexity index is 1250. The second-order valence-electron chi connectivity index (χ2n) is 19.1. The first kappa shape index (κ1) is 62.0. The van der Waals surface area contributed by atoms with Gasteiger partial charge in [-0.3, -0.25) is 9.59 Å². The first-order valence-electron chi connectivity index (χ1n) is 26.8. The number of hydrogen-bond acceptors (Lipinski definition) is 6. The second-order valence-corrected chi connectivity index (χ2v) is 19.1. The molecule has 1 N–H and O–H groups in total. The molecule has 0 spiro atoms. The van der Waals surface area contributed by atoms with Crippen LogP contribution < -0.4 is 0 Å². The Kier molecular flexibility index (Phi) is 45.3. The van der Waals surface area contributed by atoms with Gasteiger partial charge in [0.15, 0.2) is 12.1 Å². The maximum absolute atomic E-state index is 12.8. The zero-order valence-corrected chi connectivity index (χ0v) is 42.9. The summed E-state index contributed by atoms with van der Waals surface area (Å²) in [4.78, 5) is 37.2. The fourth-order valence-electron chi connectivity index (χ4n) is 7.78. The van der Waals surface area contributed by atoms with Gasteiger partial charge in [-0.15, -0.1) is 0 Å². The topological polar surface area (TPSA) is 99.1 Å². The van der Waals surface area contributed by atoms with E-state index in [9.17, 15) is 19.5 Å². The molecule has 8 heteroatoms. The van der Waals surface area contributed by atoms with Crippen LogP contribution in [0.25, 0.3) is 0 Å². The normalized spacial score (nSPS) is 13.3. The number of likely N-dealkylation sites (N-methyl/N-ethyl adjacent to an activating group) is 1. The van der Waals surface area contributed by atoms with Crippen molar-refractivity contribution < 1.29 is 38.2 Å². The van der Waals surface area contributed by atoms with Crippen molar-refractivity contribution in [2.75, 3.05) is 41.0 Å². The van der Waals surface area contributed by atoms with E-state index < -0.39 is 18.1 Å². The molecule has 0 amide bonds. The van der Waals surface area contributed by atoms with Gasteiger partial charge in [-0.05, 0) is 77.0 Å². The highest BCUT2D eigenvalue weighted by Crippen LogP contribution is 2.15. The molecule has 0 radical (unpaired) electrons. The average molecular weight is 913 g/mol. The van der Waals surface area contributed by atoms with Crippen LogP contribution in [0.15, 0.2) is 60.8 Å². The van der Waals surface area contributed by atoms with Crippen LogP contribution in [0.2, 0.25) is 0 Å². The van der Waals surface area contributed by atoms with E-state index in [4.69, 9.17) is 14.2 Å². The first-order valence-corrected chi connectivity index (χ1v) is 26.8. The third kappa shape index (κ3) is 46.0. The molecule has 0 aliphatic heterocycles. The molecule has 0 rings (SSSR count). The molecule has 0 heterocycles. The third-order valence-electron chi connectivity index (χ3n) is 11.9. The molecule has 65 heavy (non-hydrogen) atoms. The number of esters is 2. The number of hydrogen-bond donors (Lipinski definition) is 1. The number of ether oxygens (including phenoxy) is 3. The van der Waals surface area contributed by atoms with Gasteiger partial charge < -0.3 is 23.8 Å². The third-order valence-corrected chi connectivity index (χ3v) is 11.9. The fourth-order valence-corrected chi connectivity index (χ4v) is 7.78. The minimum atomic E-state index is -0.878. The molecule has 8 nitrogen and oxygen atoms in total. The first-order chi connectivity index (χ1) is 31.6. The molecule has 376 valence electrons. The number of quaternary nitrogens is 1. The van der Waals surface area contributed by atoms with Gasteiger partial charge in [-0.25, -0.2) is 4.79 Å². The predicted molar refractivity (Wildman–Crippen MR) is 275 cm³/mol. The highest BCUT2D eigenvalue weighted by Gasteiger charge is 2.31. The van der Waals surface area contributed by atoms with Crippen LogP contribution >= 0.6 is 0 Å². The summed E-state index contributed by atoms with van der Waals surface area (Å²) in [5.41, 5.74) is 0. The highest BCUT2D eigenvalue weighted by atomic mass is 16.6. The summed E-state index contributed by atoms with van der Waals surface area (Å²) < 4.78 is 17.4. The summed E-state index contributed by atoms with van der Waals surface area (Å²) in [5, 5.41) is 9.66.